The SMILES string of the molecule is CCCCCC/C=C\CCCCCCCCCC(=O)OC[C@H](COP(=O)(O)OC[C@@H](O)COP(=O)(O)OC[C@@H](COC(=O)CCCCCCCCCCCCCCC)OC(=O)CCCCCCCCCCCCCCC)OC(=O)CCCCCCC/C=C\CCCCCCCC. The zero-order valence-electron chi connectivity index (χ0n) is 61.8. The number of allylic oxidation sites excluding steroid dienone is 4. The van der Waals surface area contributed by atoms with Crippen LogP contribution in [0.3, 0.4) is 0 Å². The maximum atomic E-state index is 13.1. The van der Waals surface area contributed by atoms with E-state index in [4.69, 9.17) is 37.0 Å². The average Bonchev–Trinajstić information content (AvgIpc) is 1.36. The van der Waals surface area contributed by atoms with Gasteiger partial charge in [0.25, 0.3) is 0 Å². The number of esters is 4. The highest BCUT2D eigenvalue weighted by molar-refractivity contribution is 7.47. The second-order valence-electron chi connectivity index (χ2n) is 27.0. The van der Waals surface area contributed by atoms with Crippen LogP contribution in [0.5, 0.6) is 0 Å². The summed E-state index contributed by atoms with van der Waals surface area (Å²) in [6.45, 7) is 4.94. The summed E-state index contributed by atoms with van der Waals surface area (Å²) in [6.07, 6.45) is 64.4. The number of carbonyl (C=O) groups excluding carboxylic acids is 4. The summed E-state index contributed by atoms with van der Waals surface area (Å²) < 4.78 is 68.5. The van der Waals surface area contributed by atoms with Crippen molar-refractivity contribution in [3.05, 3.63) is 24.3 Å². The first-order valence-corrected chi connectivity index (χ1v) is 42.6. The summed E-state index contributed by atoms with van der Waals surface area (Å²) in [6, 6.07) is 0. The number of hydrogen-bond donors (Lipinski definition) is 3. The van der Waals surface area contributed by atoms with Crippen molar-refractivity contribution in [1.82, 2.24) is 0 Å². The number of aliphatic hydroxyl groups excluding tert-OH is 1. The summed E-state index contributed by atoms with van der Waals surface area (Å²) in [5.74, 6) is -2.14. The van der Waals surface area contributed by atoms with Gasteiger partial charge < -0.3 is 33.8 Å². The lowest BCUT2D eigenvalue weighted by atomic mass is 10.0. The first-order chi connectivity index (χ1) is 46.7. The molecule has 0 rings (SSSR count). The van der Waals surface area contributed by atoms with Crippen LogP contribution in [0.4, 0.5) is 0 Å². The van der Waals surface area contributed by atoms with Gasteiger partial charge >= 0.3 is 39.5 Å². The highest BCUT2D eigenvalue weighted by Gasteiger charge is 2.30. The van der Waals surface area contributed by atoms with E-state index in [9.17, 15) is 43.2 Å². The Morgan fingerprint density at radius 1 is 0.281 bits per heavy atom. The number of rotatable bonds is 76. The number of carbonyl (C=O) groups is 4. The predicted octanol–water partition coefficient (Wildman–Crippen LogP) is 22.6. The molecule has 0 fully saturated rings. The van der Waals surface area contributed by atoms with Crippen LogP contribution in [0, 0.1) is 0 Å². The monoisotopic (exact) mass is 1410 g/mol. The van der Waals surface area contributed by atoms with Crippen LogP contribution in [0.15, 0.2) is 24.3 Å². The lowest BCUT2D eigenvalue weighted by molar-refractivity contribution is -0.161. The Morgan fingerprint density at radius 3 is 0.729 bits per heavy atom. The Balaban J connectivity index is 5.29. The molecule has 0 aliphatic rings. The van der Waals surface area contributed by atoms with Gasteiger partial charge in [-0.05, 0) is 77.0 Å². The predicted molar refractivity (Wildman–Crippen MR) is 391 cm³/mol. The molecule has 5 atom stereocenters. The molecule has 0 aromatic rings. The average molecular weight is 1410 g/mol. The topological polar surface area (TPSA) is 237 Å². The molecule has 0 aromatic carbocycles. The van der Waals surface area contributed by atoms with E-state index >= 15 is 0 Å². The van der Waals surface area contributed by atoms with Gasteiger partial charge in [0.05, 0.1) is 26.4 Å². The molecular weight excluding hydrogens is 1260 g/mol. The highest BCUT2D eigenvalue weighted by atomic mass is 31.2. The van der Waals surface area contributed by atoms with Crippen LogP contribution in [0.1, 0.15) is 387 Å². The summed E-state index contributed by atoms with van der Waals surface area (Å²) >= 11 is 0. The molecule has 0 aliphatic heterocycles. The van der Waals surface area contributed by atoms with Gasteiger partial charge in [-0.3, -0.25) is 37.3 Å². The highest BCUT2D eigenvalue weighted by Crippen LogP contribution is 2.45. The molecule has 0 bridgehead atoms. The van der Waals surface area contributed by atoms with Gasteiger partial charge in [-0.1, -0.05) is 309 Å². The maximum Gasteiger partial charge on any atom is 0.472 e. The van der Waals surface area contributed by atoms with Gasteiger partial charge in [0.2, 0.25) is 0 Å². The van der Waals surface area contributed by atoms with Crippen molar-refractivity contribution in [1.29, 1.82) is 0 Å². The van der Waals surface area contributed by atoms with Crippen molar-refractivity contribution in [2.24, 2.45) is 0 Å². The van der Waals surface area contributed by atoms with E-state index in [0.717, 1.165) is 122 Å². The molecule has 0 amide bonds. The maximum absolute atomic E-state index is 13.1. The number of unbranched alkanes of at least 4 members (excludes halogenated alkanes) is 46. The zero-order chi connectivity index (χ0) is 70.4. The molecule has 0 spiro atoms. The molecule has 0 aliphatic carbocycles. The number of ether oxygens (including phenoxy) is 4. The van der Waals surface area contributed by atoms with E-state index in [1.165, 1.54) is 186 Å². The van der Waals surface area contributed by atoms with Crippen LogP contribution in [0.2, 0.25) is 0 Å². The van der Waals surface area contributed by atoms with Gasteiger partial charge in [-0.25, -0.2) is 9.13 Å². The van der Waals surface area contributed by atoms with Gasteiger partial charge in [-0.2, -0.15) is 0 Å². The Labute approximate surface area is 586 Å². The summed E-state index contributed by atoms with van der Waals surface area (Å²) in [5, 5.41) is 10.6. The lowest BCUT2D eigenvalue weighted by Crippen LogP contribution is -2.30. The van der Waals surface area contributed by atoms with Gasteiger partial charge in [0.15, 0.2) is 12.2 Å². The van der Waals surface area contributed by atoms with Crippen LogP contribution in [-0.2, 0) is 65.4 Å². The molecule has 0 aromatic heterocycles. The number of phosphoric ester groups is 2. The van der Waals surface area contributed by atoms with Crippen LogP contribution in [0.25, 0.3) is 0 Å². The Hall–Kier alpha value is -2.46. The molecular formula is C77H146O17P2. The standard InChI is InChI=1S/C77H146O17P2/c1-5-9-13-17-21-25-29-33-35-39-42-46-50-54-58-62-75(80)88-68-73(94-77(82)64-60-56-52-48-44-40-36-34-30-26-22-18-14-10-6-2)70-92-96(85,86)90-66-71(78)65-89-95(83,84)91-69-72(93-76(81)63-59-55-51-47-43-38-32-28-24-20-16-12-8-4)67-87-74(79)61-57-53-49-45-41-37-31-27-23-19-15-11-7-3/h25,29,34,36,71-73,78H,5-24,26-28,30-33,35,37-70H2,1-4H3,(H,83,84)(H,85,86)/b29-25-,36-34-/t71-,72+,73+/m0/s1. The smallest absolute Gasteiger partial charge is 0.462 e. The van der Waals surface area contributed by atoms with E-state index in [-0.39, 0.29) is 25.7 Å². The summed E-state index contributed by atoms with van der Waals surface area (Å²) in [4.78, 5) is 72.9. The molecule has 96 heavy (non-hydrogen) atoms. The van der Waals surface area contributed by atoms with Crippen molar-refractivity contribution in [3.8, 4) is 0 Å². The third kappa shape index (κ3) is 70.0. The Bertz CT molecular complexity index is 1920. The normalized spacial score (nSPS) is 14.0. The molecule has 0 radical (unpaired) electrons. The Kier molecular flexibility index (Phi) is 69.1. The molecule has 566 valence electrons. The van der Waals surface area contributed by atoms with Crippen molar-refractivity contribution >= 4 is 39.5 Å². The van der Waals surface area contributed by atoms with E-state index < -0.39 is 97.5 Å². The van der Waals surface area contributed by atoms with E-state index in [1.54, 1.807) is 0 Å². The van der Waals surface area contributed by atoms with Crippen molar-refractivity contribution in [2.45, 2.75) is 406 Å². The molecule has 17 nitrogen and oxygen atoms in total. The lowest BCUT2D eigenvalue weighted by Gasteiger charge is -2.21. The molecule has 2 unspecified atom stereocenters. The van der Waals surface area contributed by atoms with Crippen molar-refractivity contribution in [3.63, 3.8) is 0 Å². The summed E-state index contributed by atoms with van der Waals surface area (Å²) in [5.41, 5.74) is 0. The molecule has 3 N–H and O–H groups in total. The van der Waals surface area contributed by atoms with E-state index in [0.29, 0.717) is 25.7 Å². The van der Waals surface area contributed by atoms with E-state index in [1.807, 2.05) is 0 Å². The molecule has 19 heteroatoms. The van der Waals surface area contributed by atoms with Crippen LogP contribution in [-0.4, -0.2) is 96.7 Å². The largest absolute Gasteiger partial charge is 0.472 e. The molecule has 0 saturated carbocycles. The second kappa shape index (κ2) is 71.0. The Morgan fingerprint density at radius 2 is 0.479 bits per heavy atom. The second-order valence-corrected chi connectivity index (χ2v) is 29.9. The minimum Gasteiger partial charge on any atom is -0.462 e. The fraction of sp³-hybridized carbons (Fsp3) is 0.896. The third-order valence-corrected chi connectivity index (χ3v) is 19.3. The van der Waals surface area contributed by atoms with Gasteiger partial charge in [0, 0.05) is 25.7 Å². The number of aliphatic hydroxyl groups is 1. The number of phosphoric acid groups is 2. The van der Waals surface area contributed by atoms with Gasteiger partial charge in [-0.15, -0.1) is 0 Å². The molecule has 0 heterocycles. The minimum absolute atomic E-state index is 0.0920. The quantitative estimate of drug-likeness (QED) is 0.0169. The van der Waals surface area contributed by atoms with Crippen LogP contribution < -0.4 is 0 Å². The van der Waals surface area contributed by atoms with Crippen molar-refractivity contribution < 1.29 is 80.2 Å². The molecule has 0 saturated heterocycles. The van der Waals surface area contributed by atoms with E-state index in [2.05, 4.69) is 52.0 Å². The zero-order valence-corrected chi connectivity index (χ0v) is 63.6. The minimum atomic E-state index is -4.96. The summed E-state index contributed by atoms with van der Waals surface area (Å²) in [7, 11) is -9.92. The first-order valence-electron chi connectivity index (χ1n) is 39.6. The fourth-order valence-electron chi connectivity index (χ4n) is 11.3. The van der Waals surface area contributed by atoms with Gasteiger partial charge in [0.1, 0.15) is 19.3 Å². The third-order valence-electron chi connectivity index (χ3n) is 17.4. The fourth-order valence-corrected chi connectivity index (χ4v) is 12.9. The van der Waals surface area contributed by atoms with Crippen LogP contribution >= 0.6 is 15.6 Å². The first kappa shape index (κ1) is 93.5. The van der Waals surface area contributed by atoms with Crippen molar-refractivity contribution in [2.75, 3.05) is 39.6 Å². The number of hydrogen-bond acceptors (Lipinski definition) is 15.